The molecule has 0 aromatic heterocycles. The SMILES string of the molecule is CCCCCCCCCC(CCCCc1ccc(F)cc1F)OC(OCC)OCC. The second-order valence-corrected chi connectivity index (χ2v) is 7.85. The molecule has 0 aliphatic rings. The van der Waals surface area contributed by atoms with E-state index in [9.17, 15) is 8.78 Å². The van der Waals surface area contributed by atoms with E-state index in [1.54, 1.807) is 0 Å². The van der Waals surface area contributed by atoms with Crippen LogP contribution < -0.4 is 0 Å². The molecule has 0 N–H and O–H groups in total. The van der Waals surface area contributed by atoms with E-state index in [4.69, 9.17) is 14.2 Å². The second kappa shape index (κ2) is 17.6. The molecule has 5 heteroatoms. The summed E-state index contributed by atoms with van der Waals surface area (Å²) in [5, 5.41) is 0. The third kappa shape index (κ3) is 12.6. The molecule has 1 rings (SSSR count). The van der Waals surface area contributed by atoms with Gasteiger partial charge in [-0.2, -0.15) is 0 Å². The lowest BCUT2D eigenvalue weighted by atomic mass is 10.0. The summed E-state index contributed by atoms with van der Waals surface area (Å²) in [5.74, 6) is -0.990. The average molecular weight is 429 g/mol. The Morgan fingerprint density at radius 1 is 0.767 bits per heavy atom. The summed E-state index contributed by atoms with van der Waals surface area (Å²) in [7, 11) is 0. The number of ether oxygens (including phenoxy) is 3. The predicted molar refractivity (Wildman–Crippen MR) is 118 cm³/mol. The topological polar surface area (TPSA) is 27.7 Å². The molecule has 30 heavy (non-hydrogen) atoms. The highest BCUT2D eigenvalue weighted by molar-refractivity contribution is 5.18. The van der Waals surface area contributed by atoms with Crippen LogP contribution in [0.1, 0.15) is 97.0 Å². The van der Waals surface area contributed by atoms with Gasteiger partial charge in [0, 0.05) is 19.3 Å². The first-order chi connectivity index (χ1) is 14.6. The van der Waals surface area contributed by atoms with Gasteiger partial charge in [-0.3, -0.25) is 0 Å². The molecule has 3 nitrogen and oxygen atoms in total. The van der Waals surface area contributed by atoms with Crippen molar-refractivity contribution in [1.29, 1.82) is 0 Å². The number of rotatable bonds is 19. The predicted octanol–water partition coefficient (Wildman–Crippen LogP) is 7.56. The van der Waals surface area contributed by atoms with E-state index in [0.717, 1.165) is 38.2 Å². The highest BCUT2D eigenvalue weighted by Crippen LogP contribution is 2.19. The lowest BCUT2D eigenvalue weighted by Crippen LogP contribution is -2.27. The molecule has 0 radical (unpaired) electrons. The molecule has 174 valence electrons. The summed E-state index contributed by atoms with van der Waals surface area (Å²) in [6.07, 6.45) is 13.2. The number of aryl methyl sites for hydroxylation is 1. The van der Waals surface area contributed by atoms with Gasteiger partial charge in [-0.05, 0) is 51.2 Å². The fourth-order valence-electron chi connectivity index (χ4n) is 3.58. The van der Waals surface area contributed by atoms with Gasteiger partial charge in [0.25, 0.3) is 6.48 Å². The van der Waals surface area contributed by atoms with Crippen LogP contribution in [0.4, 0.5) is 8.78 Å². The fraction of sp³-hybridized carbons (Fsp3) is 0.760. The molecule has 0 saturated carbocycles. The Kier molecular flexibility index (Phi) is 15.9. The molecule has 0 aliphatic carbocycles. The van der Waals surface area contributed by atoms with Crippen LogP contribution in [0, 0.1) is 11.6 Å². The van der Waals surface area contributed by atoms with Gasteiger partial charge in [0.2, 0.25) is 0 Å². The second-order valence-electron chi connectivity index (χ2n) is 7.85. The molecule has 0 bridgehead atoms. The van der Waals surface area contributed by atoms with Gasteiger partial charge in [-0.1, -0.05) is 64.4 Å². The van der Waals surface area contributed by atoms with Gasteiger partial charge in [0.15, 0.2) is 0 Å². The van der Waals surface area contributed by atoms with Crippen molar-refractivity contribution in [2.24, 2.45) is 0 Å². The molecule has 0 aliphatic heterocycles. The Morgan fingerprint density at radius 3 is 1.97 bits per heavy atom. The number of benzene rings is 1. The number of halogens is 2. The van der Waals surface area contributed by atoms with Crippen LogP contribution in [0.5, 0.6) is 0 Å². The van der Waals surface area contributed by atoms with Crippen molar-refractivity contribution in [1.82, 2.24) is 0 Å². The summed E-state index contributed by atoms with van der Waals surface area (Å²) in [5.41, 5.74) is 0.572. The van der Waals surface area contributed by atoms with Crippen LogP contribution in [0.2, 0.25) is 0 Å². The molecular weight excluding hydrogens is 386 g/mol. The van der Waals surface area contributed by atoms with E-state index in [1.807, 2.05) is 13.8 Å². The molecule has 0 saturated heterocycles. The summed E-state index contributed by atoms with van der Waals surface area (Å²) in [4.78, 5) is 0. The third-order valence-electron chi connectivity index (χ3n) is 5.28. The van der Waals surface area contributed by atoms with E-state index < -0.39 is 18.1 Å². The van der Waals surface area contributed by atoms with E-state index in [1.165, 1.54) is 50.7 Å². The average Bonchev–Trinajstić information content (AvgIpc) is 2.71. The first-order valence-electron chi connectivity index (χ1n) is 11.9. The molecule has 1 atom stereocenters. The van der Waals surface area contributed by atoms with Crippen molar-refractivity contribution in [2.45, 2.75) is 110 Å². The minimum absolute atomic E-state index is 0.0711. The summed E-state index contributed by atoms with van der Waals surface area (Å²) >= 11 is 0. The summed E-state index contributed by atoms with van der Waals surface area (Å²) in [6, 6.07) is 3.81. The smallest absolute Gasteiger partial charge is 0.271 e. The minimum atomic E-state index is -0.621. The normalized spacial score (nSPS) is 12.6. The highest BCUT2D eigenvalue weighted by atomic mass is 19.1. The van der Waals surface area contributed by atoms with E-state index in [-0.39, 0.29) is 6.10 Å². The Bertz CT molecular complexity index is 533. The lowest BCUT2D eigenvalue weighted by Gasteiger charge is -2.24. The van der Waals surface area contributed by atoms with Crippen molar-refractivity contribution in [2.75, 3.05) is 13.2 Å². The zero-order chi connectivity index (χ0) is 22.0. The molecular formula is C25H42F2O3. The lowest BCUT2D eigenvalue weighted by molar-refractivity contribution is -0.302. The molecule has 0 fully saturated rings. The molecule has 1 aromatic rings. The first kappa shape index (κ1) is 27.0. The number of hydrogen-bond donors (Lipinski definition) is 0. The van der Waals surface area contributed by atoms with Crippen LogP contribution in [0.3, 0.4) is 0 Å². The zero-order valence-corrected chi connectivity index (χ0v) is 19.3. The standard InChI is InChI=1S/C25H42F2O3/c1-4-7-8-9-10-11-12-16-23(30-25(28-5-2)29-6-3)17-14-13-15-21-18-19-22(26)20-24(21)27/h18-20,23,25H,4-17H2,1-3H3. The maximum atomic E-state index is 13.8. The number of unbranched alkanes of at least 4 members (excludes halogenated alkanes) is 7. The summed E-state index contributed by atoms with van der Waals surface area (Å²) < 4.78 is 44.1. The van der Waals surface area contributed by atoms with Crippen molar-refractivity contribution in [3.63, 3.8) is 0 Å². The maximum absolute atomic E-state index is 13.8. The molecule has 1 unspecified atom stereocenters. The van der Waals surface area contributed by atoms with Crippen LogP contribution in [-0.4, -0.2) is 25.8 Å². The quantitative estimate of drug-likeness (QED) is 0.168. The van der Waals surface area contributed by atoms with Crippen molar-refractivity contribution in [3.8, 4) is 0 Å². The Morgan fingerprint density at radius 2 is 1.37 bits per heavy atom. The Balaban J connectivity index is 2.42. The first-order valence-corrected chi connectivity index (χ1v) is 11.9. The van der Waals surface area contributed by atoms with E-state index in [0.29, 0.717) is 25.2 Å². The number of hydrogen-bond acceptors (Lipinski definition) is 3. The fourth-order valence-corrected chi connectivity index (χ4v) is 3.58. The maximum Gasteiger partial charge on any atom is 0.271 e. The van der Waals surface area contributed by atoms with Gasteiger partial charge in [0.1, 0.15) is 11.6 Å². The minimum Gasteiger partial charge on any atom is -0.330 e. The van der Waals surface area contributed by atoms with Gasteiger partial charge in [-0.15, -0.1) is 0 Å². The molecule has 0 spiro atoms. The van der Waals surface area contributed by atoms with Crippen LogP contribution >= 0.6 is 0 Å². The Labute approximate surface area is 182 Å². The largest absolute Gasteiger partial charge is 0.330 e. The monoisotopic (exact) mass is 428 g/mol. The van der Waals surface area contributed by atoms with Gasteiger partial charge < -0.3 is 14.2 Å². The van der Waals surface area contributed by atoms with Gasteiger partial charge >= 0.3 is 0 Å². The highest BCUT2D eigenvalue weighted by Gasteiger charge is 2.17. The van der Waals surface area contributed by atoms with Crippen molar-refractivity contribution >= 4 is 0 Å². The third-order valence-corrected chi connectivity index (χ3v) is 5.28. The van der Waals surface area contributed by atoms with E-state index in [2.05, 4.69) is 6.92 Å². The van der Waals surface area contributed by atoms with Crippen LogP contribution in [0.25, 0.3) is 0 Å². The van der Waals surface area contributed by atoms with Crippen molar-refractivity contribution < 1.29 is 23.0 Å². The molecule has 0 heterocycles. The summed E-state index contributed by atoms with van der Waals surface area (Å²) in [6.45, 7) is 6.55. The zero-order valence-electron chi connectivity index (χ0n) is 19.3. The van der Waals surface area contributed by atoms with Gasteiger partial charge in [0.05, 0.1) is 6.10 Å². The van der Waals surface area contributed by atoms with Crippen molar-refractivity contribution in [3.05, 3.63) is 35.4 Å². The van der Waals surface area contributed by atoms with E-state index >= 15 is 0 Å². The van der Waals surface area contributed by atoms with Crippen LogP contribution in [-0.2, 0) is 20.6 Å². The van der Waals surface area contributed by atoms with Crippen LogP contribution in [0.15, 0.2) is 18.2 Å². The Hall–Kier alpha value is -1.04. The molecule has 1 aromatic carbocycles. The molecule has 0 amide bonds. The van der Waals surface area contributed by atoms with Gasteiger partial charge in [-0.25, -0.2) is 8.78 Å².